The first-order valence-electron chi connectivity index (χ1n) is 5.21. The van der Waals surface area contributed by atoms with E-state index in [4.69, 9.17) is 5.73 Å². The van der Waals surface area contributed by atoms with Gasteiger partial charge >= 0.3 is 0 Å². The Hall–Kier alpha value is -0.570. The molecule has 0 aromatic heterocycles. The minimum atomic E-state index is 0.263. The molecule has 1 atom stereocenters. The van der Waals surface area contributed by atoms with Gasteiger partial charge in [0.1, 0.15) is 0 Å². The molecule has 0 aromatic rings. The number of nitrogens with two attached hydrogens (primary N) is 1. The van der Waals surface area contributed by atoms with Crippen molar-refractivity contribution >= 4 is 5.91 Å². The van der Waals surface area contributed by atoms with Crippen LogP contribution >= 0.6 is 0 Å². The molecule has 2 aliphatic rings. The minimum Gasteiger partial charge on any atom is -0.342 e. The first-order valence-corrected chi connectivity index (χ1v) is 5.21. The lowest BCUT2D eigenvalue weighted by molar-refractivity contribution is -0.141. The zero-order valence-corrected chi connectivity index (χ0v) is 8.20. The van der Waals surface area contributed by atoms with Crippen LogP contribution < -0.4 is 5.73 Å². The summed E-state index contributed by atoms with van der Waals surface area (Å²) in [6.07, 6.45) is 2.50. The summed E-state index contributed by atoms with van der Waals surface area (Å²) in [6, 6.07) is 0. The van der Waals surface area contributed by atoms with E-state index in [-0.39, 0.29) is 5.92 Å². The van der Waals surface area contributed by atoms with Crippen LogP contribution in [0.2, 0.25) is 0 Å². The summed E-state index contributed by atoms with van der Waals surface area (Å²) in [5, 5.41) is 0. The van der Waals surface area contributed by atoms with Crippen LogP contribution in [0.4, 0.5) is 0 Å². The van der Waals surface area contributed by atoms with Gasteiger partial charge in [-0.15, -0.1) is 0 Å². The minimum absolute atomic E-state index is 0.263. The molecule has 74 valence electrons. The molecular formula is C10H18N2O. The Morgan fingerprint density at radius 3 is 2.62 bits per heavy atom. The Balaban J connectivity index is 1.78. The number of carbonyl (C=O) groups excluding carboxylic acids is 1. The van der Waals surface area contributed by atoms with Gasteiger partial charge in [-0.05, 0) is 25.3 Å². The fourth-order valence-electron chi connectivity index (χ4n) is 1.98. The first kappa shape index (κ1) is 9.00. The van der Waals surface area contributed by atoms with Crippen molar-refractivity contribution in [2.45, 2.75) is 19.8 Å². The second-order valence-electron chi connectivity index (χ2n) is 4.47. The first-order chi connectivity index (χ1) is 6.22. The van der Waals surface area contributed by atoms with Crippen LogP contribution in [0.15, 0.2) is 0 Å². The fourth-order valence-corrected chi connectivity index (χ4v) is 1.98. The Kier molecular flexibility index (Phi) is 2.28. The predicted molar refractivity (Wildman–Crippen MR) is 51.0 cm³/mol. The summed E-state index contributed by atoms with van der Waals surface area (Å²) in [7, 11) is 0. The van der Waals surface area contributed by atoms with Crippen LogP contribution in [-0.2, 0) is 4.79 Å². The molecule has 1 heterocycles. The standard InChI is InChI=1S/C10H18N2O/c1-7(9-2-3-9)10(13)12-5-8(4-11)6-12/h7-9H,2-6,11H2,1H3. The normalized spacial score (nSPS) is 25.5. The van der Waals surface area contributed by atoms with Gasteiger partial charge in [0.25, 0.3) is 0 Å². The Morgan fingerprint density at radius 2 is 2.15 bits per heavy atom. The summed E-state index contributed by atoms with van der Waals surface area (Å²) >= 11 is 0. The summed E-state index contributed by atoms with van der Waals surface area (Å²) in [6.45, 7) is 4.58. The highest BCUT2D eigenvalue weighted by Crippen LogP contribution is 2.38. The van der Waals surface area contributed by atoms with Gasteiger partial charge in [0.05, 0.1) is 0 Å². The van der Waals surface area contributed by atoms with Gasteiger partial charge in [-0.25, -0.2) is 0 Å². The molecule has 2 N–H and O–H groups in total. The summed E-state index contributed by atoms with van der Waals surface area (Å²) in [5.74, 6) is 1.87. The monoisotopic (exact) mass is 182 g/mol. The smallest absolute Gasteiger partial charge is 0.225 e. The van der Waals surface area contributed by atoms with E-state index >= 15 is 0 Å². The average molecular weight is 182 g/mol. The third-order valence-electron chi connectivity index (χ3n) is 3.32. The second kappa shape index (κ2) is 3.29. The molecule has 0 radical (unpaired) electrons. The zero-order chi connectivity index (χ0) is 9.42. The van der Waals surface area contributed by atoms with Gasteiger partial charge < -0.3 is 10.6 Å². The highest BCUT2D eigenvalue weighted by Gasteiger charge is 2.38. The molecule has 1 saturated carbocycles. The average Bonchev–Trinajstić information content (AvgIpc) is 2.83. The third kappa shape index (κ3) is 1.70. The summed E-state index contributed by atoms with van der Waals surface area (Å²) in [4.78, 5) is 13.7. The van der Waals surface area contributed by atoms with Crippen molar-refractivity contribution in [3.05, 3.63) is 0 Å². The highest BCUT2D eigenvalue weighted by atomic mass is 16.2. The van der Waals surface area contributed by atoms with E-state index < -0.39 is 0 Å². The molecule has 0 aromatic carbocycles. The molecule has 1 aliphatic carbocycles. The number of carbonyl (C=O) groups is 1. The molecule has 13 heavy (non-hydrogen) atoms. The summed E-state index contributed by atoms with van der Waals surface area (Å²) in [5.41, 5.74) is 5.51. The van der Waals surface area contributed by atoms with Crippen LogP contribution in [0.5, 0.6) is 0 Å². The van der Waals surface area contributed by atoms with E-state index in [1.807, 2.05) is 4.90 Å². The molecule has 1 unspecified atom stereocenters. The van der Waals surface area contributed by atoms with Crippen LogP contribution in [-0.4, -0.2) is 30.4 Å². The van der Waals surface area contributed by atoms with E-state index in [0.717, 1.165) is 19.6 Å². The van der Waals surface area contributed by atoms with Crippen molar-refractivity contribution in [2.75, 3.05) is 19.6 Å². The van der Waals surface area contributed by atoms with Crippen molar-refractivity contribution in [1.29, 1.82) is 0 Å². The molecule has 2 rings (SSSR count). The van der Waals surface area contributed by atoms with Gasteiger partial charge in [-0.2, -0.15) is 0 Å². The van der Waals surface area contributed by atoms with Crippen LogP contribution in [0.1, 0.15) is 19.8 Å². The quantitative estimate of drug-likeness (QED) is 0.689. The van der Waals surface area contributed by atoms with Crippen molar-refractivity contribution < 1.29 is 4.79 Å². The van der Waals surface area contributed by atoms with Gasteiger partial charge in [0.2, 0.25) is 5.91 Å². The molecule has 0 spiro atoms. The lowest BCUT2D eigenvalue weighted by Gasteiger charge is -2.40. The Morgan fingerprint density at radius 1 is 1.54 bits per heavy atom. The number of hydrogen-bond acceptors (Lipinski definition) is 2. The molecular weight excluding hydrogens is 164 g/mol. The maximum absolute atomic E-state index is 11.8. The maximum Gasteiger partial charge on any atom is 0.225 e. The third-order valence-corrected chi connectivity index (χ3v) is 3.32. The lowest BCUT2D eigenvalue weighted by Crippen LogP contribution is -2.54. The molecule has 3 heteroatoms. The molecule has 2 fully saturated rings. The molecule has 1 aliphatic heterocycles. The Labute approximate surface area is 79.3 Å². The number of amides is 1. The van der Waals surface area contributed by atoms with E-state index in [1.54, 1.807) is 0 Å². The number of rotatable bonds is 3. The van der Waals surface area contributed by atoms with Gasteiger partial charge in [-0.1, -0.05) is 6.92 Å². The molecule has 3 nitrogen and oxygen atoms in total. The highest BCUT2D eigenvalue weighted by molar-refractivity contribution is 5.79. The topological polar surface area (TPSA) is 46.3 Å². The number of likely N-dealkylation sites (tertiary alicyclic amines) is 1. The fraction of sp³-hybridized carbons (Fsp3) is 0.900. The largest absolute Gasteiger partial charge is 0.342 e. The van der Waals surface area contributed by atoms with E-state index in [1.165, 1.54) is 12.8 Å². The van der Waals surface area contributed by atoms with Crippen molar-refractivity contribution in [1.82, 2.24) is 4.90 Å². The Bertz CT molecular complexity index is 207. The van der Waals surface area contributed by atoms with Crippen LogP contribution in [0.25, 0.3) is 0 Å². The lowest BCUT2D eigenvalue weighted by atomic mass is 9.96. The van der Waals surface area contributed by atoms with Crippen LogP contribution in [0.3, 0.4) is 0 Å². The molecule has 0 bridgehead atoms. The van der Waals surface area contributed by atoms with E-state index in [9.17, 15) is 4.79 Å². The SMILES string of the molecule is CC(C(=O)N1CC(CN)C1)C1CC1. The van der Waals surface area contributed by atoms with E-state index in [0.29, 0.717) is 17.7 Å². The number of hydrogen-bond donors (Lipinski definition) is 1. The van der Waals surface area contributed by atoms with Gasteiger partial charge in [0, 0.05) is 24.9 Å². The zero-order valence-electron chi connectivity index (χ0n) is 8.20. The predicted octanol–water partition coefficient (Wildman–Crippen LogP) is 0.450. The van der Waals surface area contributed by atoms with Crippen molar-refractivity contribution in [2.24, 2.45) is 23.5 Å². The molecule has 1 amide bonds. The number of nitrogens with zero attached hydrogens (tertiary/aromatic N) is 1. The second-order valence-corrected chi connectivity index (χ2v) is 4.47. The van der Waals surface area contributed by atoms with E-state index in [2.05, 4.69) is 6.92 Å². The van der Waals surface area contributed by atoms with Crippen molar-refractivity contribution in [3.8, 4) is 0 Å². The molecule has 1 saturated heterocycles. The maximum atomic E-state index is 11.8. The van der Waals surface area contributed by atoms with Gasteiger partial charge in [0.15, 0.2) is 0 Å². The van der Waals surface area contributed by atoms with Crippen LogP contribution in [0, 0.1) is 17.8 Å². The van der Waals surface area contributed by atoms with Gasteiger partial charge in [-0.3, -0.25) is 4.79 Å². The summed E-state index contributed by atoms with van der Waals surface area (Å²) < 4.78 is 0. The van der Waals surface area contributed by atoms with Crippen molar-refractivity contribution in [3.63, 3.8) is 0 Å².